The van der Waals surface area contributed by atoms with Crippen LogP contribution in [0.3, 0.4) is 0 Å². The maximum Gasteiger partial charge on any atom is 0.257 e. The maximum absolute atomic E-state index is 13.2. The second-order valence-corrected chi connectivity index (χ2v) is 7.80. The maximum atomic E-state index is 13.2. The van der Waals surface area contributed by atoms with Crippen LogP contribution in [0.4, 0.5) is 11.5 Å². The van der Waals surface area contributed by atoms with E-state index in [1.165, 1.54) is 6.42 Å². The van der Waals surface area contributed by atoms with Gasteiger partial charge in [0.15, 0.2) is 5.78 Å². The lowest BCUT2D eigenvalue weighted by atomic mass is 10.1. The monoisotopic (exact) mass is 392 g/mol. The molecule has 3 heterocycles. The van der Waals surface area contributed by atoms with Crippen LogP contribution in [0, 0.1) is 0 Å². The molecular formula is C23H28N4O2. The highest BCUT2D eigenvalue weighted by Crippen LogP contribution is 2.24. The van der Waals surface area contributed by atoms with Gasteiger partial charge in [0.2, 0.25) is 0 Å². The molecule has 4 rings (SSSR count). The van der Waals surface area contributed by atoms with E-state index >= 15 is 0 Å². The lowest BCUT2D eigenvalue weighted by molar-refractivity contribution is 0.0746. The van der Waals surface area contributed by atoms with Crippen LogP contribution in [-0.4, -0.2) is 60.8 Å². The molecule has 1 aromatic carbocycles. The van der Waals surface area contributed by atoms with Crippen molar-refractivity contribution < 1.29 is 9.59 Å². The van der Waals surface area contributed by atoms with Crippen LogP contribution in [0.25, 0.3) is 0 Å². The number of Topliss-reactive ketones (excluding diaryl/α,β-unsaturated/α-hetero) is 1. The number of carbonyl (C=O) groups excluding carboxylic acids is 2. The highest BCUT2D eigenvalue weighted by Gasteiger charge is 2.26. The molecule has 1 aromatic heterocycles. The lowest BCUT2D eigenvalue weighted by Crippen LogP contribution is -2.49. The van der Waals surface area contributed by atoms with Crippen molar-refractivity contribution in [3.05, 3.63) is 53.7 Å². The van der Waals surface area contributed by atoms with E-state index in [0.717, 1.165) is 56.1 Å². The van der Waals surface area contributed by atoms with Crippen molar-refractivity contribution in [2.75, 3.05) is 49.1 Å². The van der Waals surface area contributed by atoms with E-state index in [2.05, 4.69) is 14.8 Å². The van der Waals surface area contributed by atoms with E-state index < -0.39 is 0 Å². The van der Waals surface area contributed by atoms with Crippen LogP contribution in [0.2, 0.25) is 0 Å². The van der Waals surface area contributed by atoms with E-state index in [4.69, 9.17) is 0 Å². The SMILES string of the molecule is CC(=O)c1ccc(N2CCN(C(=O)c3cccnc3N3CCCCC3)CC2)cc1. The summed E-state index contributed by atoms with van der Waals surface area (Å²) in [5, 5.41) is 0. The minimum absolute atomic E-state index is 0.0743. The van der Waals surface area contributed by atoms with Crippen LogP contribution >= 0.6 is 0 Å². The van der Waals surface area contributed by atoms with E-state index in [-0.39, 0.29) is 11.7 Å². The molecular weight excluding hydrogens is 364 g/mol. The van der Waals surface area contributed by atoms with Crippen molar-refractivity contribution in [3.8, 4) is 0 Å². The first-order chi connectivity index (χ1) is 14.1. The lowest BCUT2D eigenvalue weighted by Gasteiger charge is -2.37. The second-order valence-electron chi connectivity index (χ2n) is 7.80. The van der Waals surface area contributed by atoms with Crippen molar-refractivity contribution in [3.63, 3.8) is 0 Å². The molecule has 0 atom stereocenters. The zero-order chi connectivity index (χ0) is 20.2. The Morgan fingerprint density at radius 1 is 0.828 bits per heavy atom. The normalized spacial score (nSPS) is 17.3. The quantitative estimate of drug-likeness (QED) is 0.748. The highest BCUT2D eigenvalue weighted by atomic mass is 16.2. The van der Waals surface area contributed by atoms with Gasteiger partial charge in [-0.05, 0) is 62.6 Å². The van der Waals surface area contributed by atoms with Gasteiger partial charge >= 0.3 is 0 Å². The van der Waals surface area contributed by atoms with Gasteiger partial charge in [-0.15, -0.1) is 0 Å². The Hall–Kier alpha value is -2.89. The van der Waals surface area contributed by atoms with E-state index in [1.807, 2.05) is 41.3 Å². The molecule has 2 aliphatic heterocycles. The Bertz CT molecular complexity index is 867. The molecule has 0 unspecified atom stereocenters. The van der Waals surface area contributed by atoms with E-state index in [1.54, 1.807) is 13.1 Å². The molecule has 0 N–H and O–H groups in total. The molecule has 0 spiro atoms. The summed E-state index contributed by atoms with van der Waals surface area (Å²) in [6, 6.07) is 11.5. The third-order valence-corrected chi connectivity index (χ3v) is 5.88. The molecule has 2 aliphatic rings. The van der Waals surface area contributed by atoms with Gasteiger partial charge in [0, 0.05) is 56.7 Å². The fourth-order valence-corrected chi connectivity index (χ4v) is 4.17. The second kappa shape index (κ2) is 8.64. The number of benzene rings is 1. The Labute approximate surface area is 172 Å². The summed E-state index contributed by atoms with van der Waals surface area (Å²) in [7, 11) is 0. The van der Waals surface area contributed by atoms with Gasteiger partial charge in [-0.25, -0.2) is 4.98 Å². The Morgan fingerprint density at radius 2 is 1.52 bits per heavy atom. The fourth-order valence-electron chi connectivity index (χ4n) is 4.17. The van der Waals surface area contributed by atoms with Gasteiger partial charge in [-0.3, -0.25) is 9.59 Å². The van der Waals surface area contributed by atoms with Crippen LogP contribution < -0.4 is 9.80 Å². The van der Waals surface area contributed by atoms with E-state index in [0.29, 0.717) is 18.7 Å². The van der Waals surface area contributed by atoms with Crippen LogP contribution in [-0.2, 0) is 0 Å². The third kappa shape index (κ3) is 4.26. The van der Waals surface area contributed by atoms with Crippen molar-refractivity contribution in [2.24, 2.45) is 0 Å². The van der Waals surface area contributed by atoms with Crippen molar-refractivity contribution >= 4 is 23.2 Å². The summed E-state index contributed by atoms with van der Waals surface area (Å²) in [6.45, 7) is 6.46. The third-order valence-electron chi connectivity index (χ3n) is 5.88. The summed E-state index contributed by atoms with van der Waals surface area (Å²) in [5.41, 5.74) is 2.54. The van der Waals surface area contributed by atoms with Crippen LogP contribution in [0.5, 0.6) is 0 Å². The molecule has 2 fully saturated rings. The number of pyridine rings is 1. The number of piperidine rings is 1. The molecule has 2 saturated heterocycles. The topological polar surface area (TPSA) is 56.8 Å². The molecule has 0 bridgehead atoms. The standard InChI is InChI=1S/C23H28N4O2/c1-18(28)19-7-9-20(10-8-19)25-14-16-27(17-15-25)23(29)21-6-5-11-24-22(21)26-12-3-2-4-13-26/h5-11H,2-4,12-17H2,1H3. The molecule has 152 valence electrons. The first-order valence-corrected chi connectivity index (χ1v) is 10.5. The molecule has 0 saturated carbocycles. The number of piperazine rings is 1. The predicted molar refractivity (Wildman–Crippen MR) is 115 cm³/mol. The van der Waals surface area contributed by atoms with Crippen molar-refractivity contribution in [2.45, 2.75) is 26.2 Å². The number of carbonyl (C=O) groups is 2. The first kappa shape index (κ1) is 19.4. The van der Waals surface area contributed by atoms with Crippen molar-refractivity contribution in [1.82, 2.24) is 9.88 Å². The fraction of sp³-hybridized carbons (Fsp3) is 0.435. The molecule has 6 nitrogen and oxygen atoms in total. The number of rotatable bonds is 4. The Morgan fingerprint density at radius 3 is 2.17 bits per heavy atom. The first-order valence-electron chi connectivity index (χ1n) is 10.5. The van der Waals surface area contributed by atoms with Crippen molar-refractivity contribution in [1.29, 1.82) is 0 Å². The number of aromatic nitrogens is 1. The van der Waals surface area contributed by atoms with E-state index in [9.17, 15) is 9.59 Å². The minimum Gasteiger partial charge on any atom is -0.368 e. The molecule has 2 aromatic rings. The van der Waals surface area contributed by atoms with Gasteiger partial charge < -0.3 is 14.7 Å². The zero-order valence-electron chi connectivity index (χ0n) is 17.0. The summed E-state index contributed by atoms with van der Waals surface area (Å²) in [4.78, 5) is 35.7. The smallest absolute Gasteiger partial charge is 0.257 e. The Balaban J connectivity index is 1.42. The number of amides is 1. The van der Waals surface area contributed by atoms with Gasteiger partial charge in [-0.2, -0.15) is 0 Å². The molecule has 0 radical (unpaired) electrons. The number of ketones is 1. The number of hydrogen-bond donors (Lipinski definition) is 0. The Kier molecular flexibility index (Phi) is 5.79. The number of nitrogens with zero attached hydrogens (tertiary/aromatic N) is 4. The highest BCUT2D eigenvalue weighted by molar-refractivity contribution is 5.99. The van der Waals surface area contributed by atoms with Crippen LogP contribution in [0.1, 0.15) is 46.9 Å². The molecule has 29 heavy (non-hydrogen) atoms. The number of hydrogen-bond acceptors (Lipinski definition) is 5. The average molecular weight is 393 g/mol. The predicted octanol–water partition coefficient (Wildman–Crippen LogP) is 3.24. The summed E-state index contributed by atoms with van der Waals surface area (Å²) in [5.74, 6) is 0.984. The zero-order valence-corrected chi connectivity index (χ0v) is 17.0. The molecule has 6 heteroatoms. The largest absolute Gasteiger partial charge is 0.368 e. The van der Waals surface area contributed by atoms with Gasteiger partial charge in [0.25, 0.3) is 5.91 Å². The number of anilines is 2. The summed E-state index contributed by atoms with van der Waals surface area (Å²) in [6.07, 6.45) is 5.35. The molecule has 0 aliphatic carbocycles. The average Bonchev–Trinajstić information content (AvgIpc) is 2.79. The summed E-state index contributed by atoms with van der Waals surface area (Å²) < 4.78 is 0. The van der Waals surface area contributed by atoms with Gasteiger partial charge in [0.1, 0.15) is 5.82 Å². The van der Waals surface area contributed by atoms with Gasteiger partial charge in [-0.1, -0.05) is 0 Å². The van der Waals surface area contributed by atoms with Gasteiger partial charge in [0.05, 0.1) is 5.56 Å². The summed E-state index contributed by atoms with van der Waals surface area (Å²) >= 11 is 0. The minimum atomic E-state index is 0.0743. The van der Waals surface area contributed by atoms with Crippen LogP contribution in [0.15, 0.2) is 42.6 Å². The molecule has 1 amide bonds.